The Morgan fingerprint density at radius 3 is 2.85 bits per heavy atom. The third-order valence-electron chi connectivity index (χ3n) is 2.88. The number of nitrogens with zero attached hydrogens (tertiary/aromatic N) is 1. The van der Waals surface area contributed by atoms with Crippen molar-refractivity contribution in [2.75, 3.05) is 6.54 Å². The Morgan fingerprint density at radius 2 is 2.20 bits per heavy atom. The molecule has 0 spiro atoms. The fourth-order valence-electron chi connectivity index (χ4n) is 1.85. The molecule has 0 saturated carbocycles. The standard InChI is InChI=1S/C15H19ClN2OS/c1-10(2)15-18-13(9-20-15)8-19-14-4-3-12(16)7-11(14)5-6-17/h3-4,7,9-10H,5-6,8,17H2,1-2H3. The van der Waals surface area contributed by atoms with Crippen LogP contribution in [0.15, 0.2) is 23.6 Å². The lowest BCUT2D eigenvalue weighted by Crippen LogP contribution is -2.05. The smallest absolute Gasteiger partial charge is 0.131 e. The van der Waals surface area contributed by atoms with Crippen molar-refractivity contribution in [3.8, 4) is 5.75 Å². The first kappa shape index (κ1) is 15.3. The lowest BCUT2D eigenvalue weighted by Gasteiger charge is -2.10. The van der Waals surface area contributed by atoms with Gasteiger partial charge in [-0.05, 0) is 36.7 Å². The van der Waals surface area contributed by atoms with Crippen LogP contribution in [0.1, 0.15) is 36.0 Å². The number of hydrogen-bond donors (Lipinski definition) is 1. The van der Waals surface area contributed by atoms with E-state index in [1.54, 1.807) is 11.3 Å². The average molecular weight is 311 g/mol. The lowest BCUT2D eigenvalue weighted by atomic mass is 10.1. The SMILES string of the molecule is CC(C)c1nc(COc2ccc(Cl)cc2CCN)cs1. The molecule has 1 aromatic heterocycles. The number of halogens is 1. The number of nitrogens with two attached hydrogens (primary N) is 1. The van der Waals surface area contributed by atoms with Crippen LogP contribution in [0.5, 0.6) is 5.75 Å². The zero-order valence-electron chi connectivity index (χ0n) is 11.7. The molecule has 5 heteroatoms. The quantitative estimate of drug-likeness (QED) is 0.877. The molecule has 0 saturated heterocycles. The topological polar surface area (TPSA) is 48.1 Å². The van der Waals surface area contributed by atoms with E-state index >= 15 is 0 Å². The second-order valence-corrected chi connectivity index (χ2v) is 6.24. The number of thiazole rings is 1. The molecule has 0 aliphatic rings. The summed E-state index contributed by atoms with van der Waals surface area (Å²) >= 11 is 7.68. The van der Waals surface area contributed by atoms with E-state index in [-0.39, 0.29) is 0 Å². The van der Waals surface area contributed by atoms with Crippen LogP contribution in [-0.2, 0) is 13.0 Å². The molecule has 1 aromatic carbocycles. The van der Waals surface area contributed by atoms with Crippen molar-refractivity contribution in [1.82, 2.24) is 4.98 Å². The molecule has 2 N–H and O–H groups in total. The van der Waals surface area contributed by atoms with Gasteiger partial charge in [-0.15, -0.1) is 11.3 Å². The Balaban J connectivity index is 2.06. The van der Waals surface area contributed by atoms with Gasteiger partial charge in [-0.2, -0.15) is 0 Å². The maximum atomic E-state index is 6.00. The van der Waals surface area contributed by atoms with Crippen molar-refractivity contribution < 1.29 is 4.74 Å². The van der Waals surface area contributed by atoms with E-state index in [1.165, 1.54) is 0 Å². The van der Waals surface area contributed by atoms with Gasteiger partial charge in [0.05, 0.1) is 10.7 Å². The third kappa shape index (κ3) is 3.95. The van der Waals surface area contributed by atoms with Crippen LogP contribution in [0, 0.1) is 0 Å². The zero-order valence-corrected chi connectivity index (χ0v) is 13.3. The first-order chi connectivity index (χ1) is 9.60. The third-order valence-corrected chi connectivity index (χ3v) is 4.30. The highest BCUT2D eigenvalue weighted by molar-refractivity contribution is 7.09. The van der Waals surface area contributed by atoms with E-state index in [0.717, 1.165) is 28.4 Å². The van der Waals surface area contributed by atoms with Gasteiger partial charge in [0, 0.05) is 16.3 Å². The van der Waals surface area contributed by atoms with E-state index in [9.17, 15) is 0 Å². The summed E-state index contributed by atoms with van der Waals surface area (Å²) in [6.07, 6.45) is 0.754. The van der Waals surface area contributed by atoms with Gasteiger partial charge in [-0.25, -0.2) is 4.98 Å². The summed E-state index contributed by atoms with van der Waals surface area (Å²) < 4.78 is 5.85. The van der Waals surface area contributed by atoms with E-state index < -0.39 is 0 Å². The molecule has 0 radical (unpaired) electrons. The summed E-state index contributed by atoms with van der Waals surface area (Å²) in [6.45, 7) is 5.33. The fourth-order valence-corrected chi connectivity index (χ4v) is 2.86. The Kier molecular flexibility index (Phi) is 5.40. The molecule has 0 bridgehead atoms. The molecule has 0 fully saturated rings. The summed E-state index contributed by atoms with van der Waals surface area (Å²) in [4.78, 5) is 4.56. The monoisotopic (exact) mass is 310 g/mol. The first-order valence-corrected chi connectivity index (χ1v) is 7.91. The number of ether oxygens (including phenoxy) is 1. The first-order valence-electron chi connectivity index (χ1n) is 6.65. The zero-order chi connectivity index (χ0) is 14.5. The predicted molar refractivity (Wildman–Crippen MR) is 84.7 cm³/mol. The highest BCUT2D eigenvalue weighted by atomic mass is 35.5. The van der Waals surface area contributed by atoms with Gasteiger partial charge in [0.15, 0.2) is 0 Å². The van der Waals surface area contributed by atoms with Gasteiger partial charge >= 0.3 is 0 Å². The Morgan fingerprint density at radius 1 is 1.40 bits per heavy atom. The minimum atomic E-state index is 0.456. The van der Waals surface area contributed by atoms with Gasteiger partial charge in [-0.1, -0.05) is 25.4 Å². The van der Waals surface area contributed by atoms with Crippen LogP contribution >= 0.6 is 22.9 Å². The summed E-state index contributed by atoms with van der Waals surface area (Å²) in [5, 5.41) is 3.90. The summed E-state index contributed by atoms with van der Waals surface area (Å²) in [5.41, 5.74) is 7.62. The van der Waals surface area contributed by atoms with Crippen molar-refractivity contribution >= 4 is 22.9 Å². The van der Waals surface area contributed by atoms with Gasteiger partial charge in [0.25, 0.3) is 0 Å². The highest BCUT2D eigenvalue weighted by Gasteiger charge is 2.08. The lowest BCUT2D eigenvalue weighted by molar-refractivity contribution is 0.298. The number of rotatable bonds is 6. The molecule has 20 heavy (non-hydrogen) atoms. The summed E-state index contributed by atoms with van der Waals surface area (Å²) in [6, 6.07) is 5.63. The van der Waals surface area contributed by atoms with E-state index in [2.05, 4.69) is 18.8 Å². The molecule has 108 valence electrons. The predicted octanol–water partition coefficient (Wildman–Crippen LogP) is 4.00. The minimum absolute atomic E-state index is 0.456. The Labute approximate surface area is 128 Å². The van der Waals surface area contributed by atoms with Gasteiger partial charge in [-0.3, -0.25) is 0 Å². The summed E-state index contributed by atoms with van der Waals surface area (Å²) in [5.74, 6) is 1.29. The van der Waals surface area contributed by atoms with Crippen molar-refractivity contribution in [3.63, 3.8) is 0 Å². The molecule has 2 rings (SSSR count). The van der Waals surface area contributed by atoms with Crippen molar-refractivity contribution in [1.29, 1.82) is 0 Å². The van der Waals surface area contributed by atoms with Crippen LogP contribution < -0.4 is 10.5 Å². The number of hydrogen-bond acceptors (Lipinski definition) is 4. The Bertz CT molecular complexity index is 569. The maximum Gasteiger partial charge on any atom is 0.131 e. The van der Waals surface area contributed by atoms with Crippen molar-refractivity contribution in [3.05, 3.63) is 44.9 Å². The van der Waals surface area contributed by atoms with E-state index in [0.29, 0.717) is 24.1 Å². The van der Waals surface area contributed by atoms with Gasteiger partial charge in [0.1, 0.15) is 12.4 Å². The van der Waals surface area contributed by atoms with Crippen LogP contribution in [0.25, 0.3) is 0 Å². The number of aromatic nitrogens is 1. The molecule has 0 aliphatic carbocycles. The van der Waals surface area contributed by atoms with Crippen LogP contribution in [0.4, 0.5) is 0 Å². The molecule has 3 nitrogen and oxygen atoms in total. The molecule has 0 atom stereocenters. The maximum absolute atomic E-state index is 6.00. The second-order valence-electron chi connectivity index (χ2n) is 4.91. The van der Waals surface area contributed by atoms with E-state index in [4.69, 9.17) is 22.1 Å². The minimum Gasteiger partial charge on any atom is -0.487 e. The van der Waals surface area contributed by atoms with Crippen LogP contribution in [-0.4, -0.2) is 11.5 Å². The second kappa shape index (κ2) is 7.07. The molecule has 0 aliphatic heterocycles. The van der Waals surface area contributed by atoms with Gasteiger partial charge in [0.2, 0.25) is 0 Å². The number of benzene rings is 1. The van der Waals surface area contributed by atoms with E-state index in [1.807, 2.05) is 23.6 Å². The molecular weight excluding hydrogens is 292 g/mol. The normalized spacial score (nSPS) is 11.1. The van der Waals surface area contributed by atoms with Crippen LogP contribution in [0.3, 0.4) is 0 Å². The largest absolute Gasteiger partial charge is 0.487 e. The summed E-state index contributed by atoms with van der Waals surface area (Å²) in [7, 11) is 0. The van der Waals surface area contributed by atoms with Crippen molar-refractivity contribution in [2.24, 2.45) is 5.73 Å². The van der Waals surface area contributed by atoms with Crippen LogP contribution in [0.2, 0.25) is 5.02 Å². The Hall–Kier alpha value is -1.10. The molecule has 0 amide bonds. The molecule has 0 unspecified atom stereocenters. The average Bonchev–Trinajstić information content (AvgIpc) is 2.87. The molecular formula is C15H19ClN2OS. The fraction of sp³-hybridized carbons (Fsp3) is 0.400. The molecule has 2 aromatic rings. The molecule has 1 heterocycles. The van der Waals surface area contributed by atoms with Gasteiger partial charge < -0.3 is 10.5 Å². The van der Waals surface area contributed by atoms with Crippen molar-refractivity contribution in [2.45, 2.75) is 32.8 Å². The highest BCUT2D eigenvalue weighted by Crippen LogP contribution is 2.25.